The number of nitrogens with one attached hydrogen (secondary N) is 1. The molecule has 1 amide bonds. The van der Waals surface area contributed by atoms with Crippen molar-refractivity contribution in [2.45, 2.75) is 69.8 Å². The Labute approximate surface area is 158 Å². The van der Waals surface area contributed by atoms with Gasteiger partial charge in [0.15, 0.2) is 0 Å². The second-order valence-corrected chi connectivity index (χ2v) is 8.24. The largest absolute Gasteiger partial charge is 0.458 e. The Morgan fingerprint density at radius 1 is 1.26 bits per heavy atom. The number of hydrogen-bond acceptors (Lipinski definition) is 5. The van der Waals surface area contributed by atoms with Crippen molar-refractivity contribution in [3.63, 3.8) is 0 Å². The minimum atomic E-state index is -0.585. The molecule has 0 bridgehead atoms. The number of rotatable bonds is 2. The third kappa shape index (κ3) is 3.51. The van der Waals surface area contributed by atoms with Gasteiger partial charge in [-0.05, 0) is 45.4 Å². The zero-order valence-electron chi connectivity index (χ0n) is 15.8. The standard InChI is InChI=1S/C20H27N3O4/c1-13-21-16(11-17(24)22-13)14-6-5-9-23(12-14)19(26)15-10-18(25)27-20(15)7-3-2-4-8-20/h11,14-15H,2-10,12H2,1H3,(H,21,22,24). The van der Waals surface area contributed by atoms with Crippen LogP contribution in [0.5, 0.6) is 0 Å². The molecule has 2 unspecified atom stereocenters. The second kappa shape index (κ2) is 7.09. The maximum absolute atomic E-state index is 13.3. The SMILES string of the molecule is Cc1nc(C2CCCN(C(=O)C3CC(=O)OC34CCCCC4)C2)cc(=O)[nH]1. The average Bonchev–Trinajstić information content (AvgIpc) is 2.96. The Morgan fingerprint density at radius 3 is 2.78 bits per heavy atom. The van der Waals surface area contributed by atoms with Gasteiger partial charge in [0, 0.05) is 25.1 Å². The summed E-state index contributed by atoms with van der Waals surface area (Å²) in [5.41, 5.74) is 0.00901. The summed E-state index contributed by atoms with van der Waals surface area (Å²) in [6.45, 7) is 3.01. The first kappa shape index (κ1) is 18.2. The molecule has 1 spiro atoms. The van der Waals surface area contributed by atoms with Crippen molar-refractivity contribution in [1.82, 2.24) is 14.9 Å². The molecule has 0 aromatic carbocycles. The smallest absolute Gasteiger partial charge is 0.307 e. The highest BCUT2D eigenvalue weighted by molar-refractivity contribution is 5.88. The lowest BCUT2D eigenvalue weighted by molar-refractivity contribution is -0.156. The topological polar surface area (TPSA) is 92.4 Å². The highest BCUT2D eigenvalue weighted by Gasteiger charge is 2.54. The number of likely N-dealkylation sites (tertiary alicyclic amines) is 1. The molecule has 146 valence electrons. The lowest BCUT2D eigenvalue weighted by Gasteiger charge is -2.40. The van der Waals surface area contributed by atoms with Crippen LogP contribution < -0.4 is 5.56 Å². The quantitative estimate of drug-likeness (QED) is 0.801. The number of aromatic amines is 1. The fourth-order valence-electron chi connectivity index (χ4n) is 5.06. The Kier molecular flexibility index (Phi) is 4.78. The highest BCUT2D eigenvalue weighted by Crippen LogP contribution is 2.45. The number of amides is 1. The maximum atomic E-state index is 13.3. The summed E-state index contributed by atoms with van der Waals surface area (Å²) in [6, 6.07) is 1.54. The van der Waals surface area contributed by atoms with Gasteiger partial charge in [-0.2, -0.15) is 0 Å². The molecule has 1 aromatic rings. The van der Waals surface area contributed by atoms with Crippen LogP contribution in [0.2, 0.25) is 0 Å². The Balaban J connectivity index is 1.53. The normalized spacial score (nSPS) is 27.6. The zero-order valence-corrected chi connectivity index (χ0v) is 15.8. The van der Waals surface area contributed by atoms with Crippen LogP contribution in [0.1, 0.15) is 68.8 Å². The van der Waals surface area contributed by atoms with Gasteiger partial charge in [0.1, 0.15) is 11.4 Å². The number of nitrogens with zero attached hydrogens (tertiary/aromatic N) is 2. The van der Waals surface area contributed by atoms with E-state index in [1.54, 1.807) is 6.92 Å². The van der Waals surface area contributed by atoms with Crippen LogP contribution in [0.15, 0.2) is 10.9 Å². The summed E-state index contributed by atoms with van der Waals surface area (Å²) >= 11 is 0. The maximum Gasteiger partial charge on any atom is 0.307 e. The summed E-state index contributed by atoms with van der Waals surface area (Å²) < 4.78 is 5.71. The first-order valence-electron chi connectivity index (χ1n) is 10.1. The fourth-order valence-corrected chi connectivity index (χ4v) is 5.06. The van der Waals surface area contributed by atoms with Gasteiger partial charge < -0.3 is 14.6 Å². The molecule has 27 heavy (non-hydrogen) atoms. The molecule has 0 radical (unpaired) electrons. The number of aromatic nitrogens is 2. The van der Waals surface area contributed by atoms with Crippen LogP contribution in [0.25, 0.3) is 0 Å². The van der Waals surface area contributed by atoms with E-state index in [1.807, 2.05) is 4.90 Å². The molecule has 3 aliphatic rings. The predicted octanol–water partition coefficient (Wildman–Crippen LogP) is 2.05. The van der Waals surface area contributed by atoms with Crippen molar-refractivity contribution in [3.8, 4) is 0 Å². The van der Waals surface area contributed by atoms with Gasteiger partial charge in [-0.25, -0.2) is 4.98 Å². The summed E-state index contributed by atoms with van der Waals surface area (Å²) in [7, 11) is 0. The van der Waals surface area contributed by atoms with E-state index >= 15 is 0 Å². The third-order valence-electron chi connectivity index (χ3n) is 6.35. The number of ether oxygens (including phenoxy) is 1. The van der Waals surface area contributed by atoms with Crippen LogP contribution >= 0.6 is 0 Å². The monoisotopic (exact) mass is 373 g/mol. The lowest BCUT2D eigenvalue weighted by atomic mass is 9.75. The van der Waals surface area contributed by atoms with E-state index in [0.29, 0.717) is 18.9 Å². The van der Waals surface area contributed by atoms with Crippen LogP contribution in [-0.2, 0) is 14.3 Å². The molecule has 3 fully saturated rings. The Bertz CT molecular complexity index is 797. The van der Waals surface area contributed by atoms with E-state index in [4.69, 9.17) is 4.74 Å². The van der Waals surface area contributed by atoms with Crippen molar-refractivity contribution in [2.24, 2.45) is 5.92 Å². The molecule has 1 aromatic heterocycles. The molecule has 1 aliphatic carbocycles. The minimum Gasteiger partial charge on any atom is -0.458 e. The van der Waals surface area contributed by atoms with E-state index in [0.717, 1.165) is 50.6 Å². The molecule has 7 nitrogen and oxygen atoms in total. The van der Waals surface area contributed by atoms with Crippen molar-refractivity contribution < 1.29 is 14.3 Å². The predicted molar refractivity (Wildman–Crippen MR) is 98.2 cm³/mol. The highest BCUT2D eigenvalue weighted by atomic mass is 16.6. The van der Waals surface area contributed by atoms with Crippen LogP contribution in [0, 0.1) is 12.8 Å². The third-order valence-corrected chi connectivity index (χ3v) is 6.35. The molecular formula is C20H27N3O4. The van der Waals surface area contributed by atoms with Gasteiger partial charge in [0.2, 0.25) is 5.91 Å². The Morgan fingerprint density at radius 2 is 2.04 bits per heavy atom. The van der Waals surface area contributed by atoms with E-state index in [9.17, 15) is 14.4 Å². The second-order valence-electron chi connectivity index (χ2n) is 8.24. The zero-order chi connectivity index (χ0) is 19.0. The van der Waals surface area contributed by atoms with Gasteiger partial charge in [-0.1, -0.05) is 6.42 Å². The lowest BCUT2D eigenvalue weighted by Crippen LogP contribution is -2.49. The summed E-state index contributed by atoms with van der Waals surface area (Å²) in [5, 5.41) is 0. The number of piperidine rings is 1. The van der Waals surface area contributed by atoms with Crippen molar-refractivity contribution >= 4 is 11.9 Å². The number of aryl methyl sites for hydroxylation is 1. The molecule has 4 rings (SSSR count). The number of carbonyl (C=O) groups excluding carboxylic acids is 2. The number of H-pyrrole nitrogens is 1. The van der Waals surface area contributed by atoms with Crippen LogP contribution in [-0.4, -0.2) is 45.4 Å². The van der Waals surface area contributed by atoms with Crippen LogP contribution in [0.4, 0.5) is 0 Å². The molecule has 2 saturated heterocycles. The molecule has 3 heterocycles. The first-order valence-corrected chi connectivity index (χ1v) is 10.1. The molecule has 7 heteroatoms. The summed E-state index contributed by atoms with van der Waals surface area (Å²) in [5.74, 6) is 0.0866. The molecule has 2 atom stereocenters. The minimum absolute atomic E-state index is 0.0361. The van der Waals surface area contributed by atoms with Gasteiger partial charge in [0.05, 0.1) is 18.0 Å². The fraction of sp³-hybridized carbons (Fsp3) is 0.700. The van der Waals surface area contributed by atoms with Gasteiger partial charge in [-0.15, -0.1) is 0 Å². The Hall–Kier alpha value is -2.18. The first-order chi connectivity index (χ1) is 13.0. The van der Waals surface area contributed by atoms with E-state index < -0.39 is 5.60 Å². The summed E-state index contributed by atoms with van der Waals surface area (Å²) in [4.78, 5) is 46.2. The van der Waals surface area contributed by atoms with Crippen molar-refractivity contribution in [1.29, 1.82) is 0 Å². The molecule has 1 N–H and O–H groups in total. The van der Waals surface area contributed by atoms with E-state index in [-0.39, 0.29) is 35.7 Å². The van der Waals surface area contributed by atoms with Gasteiger partial charge >= 0.3 is 5.97 Å². The van der Waals surface area contributed by atoms with E-state index in [1.165, 1.54) is 6.07 Å². The number of carbonyl (C=O) groups is 2. The van der Waals surface area contributed by atoms with Crippen LogP contribution in [0.3, 0.4) is 0 Å². The molecule has 2 aliphatic heterocycles. The van der Waals surface area contributed by atoms with Crippen molar-refractivity contribution in [2.75, 3.05) is 13.1 Å². The van der Waals surface area contributed by atoms with E-state index in [2.05, 4.69) is 9.97 Å². The van der Waals surface area contributed by atoms with Gasteiger partial charge in [-0.3, -0.25) is 14.4 Å². The number of esters is 1. The average molecular weight is 373 g/mol. The molecular weight excluding hydrogens is 346 g/mol. The van der Waals surface area contributed by atoms with Gasteiger partial charge in [0.25, 0.3) is 5.56 Å². The van der Waals surface area contributed by atoms with Crippen molar-refractivity contribution in [3.05, 3.63) is 27.9 Å². The summed E-state index contributed by atoms with van der Waals surface area (Å²) in [6.07, 6.45) is 6.72. The molecule has 1 saturated carbocycles. The number of hydrogen-bond donors (Lipinski definition) is 1.